The zero-order valence-corrected chi connectivity index (χ0v) is 8.22. The van der Waals surface area contributed by atoms with E-state index < -0.39 is 0 Å². The molecule has 2 heterocycles. The standard InChI is InChI=1S/C11H16O3/c1-2-6-13-11(12-5-1)8-3-4-9-10(7-8)14-9/h1-2,8-11H,3-7H2. The highest BCUT2D eigenvalue weighted by Crippen LogP contribution is 2.41. The molecule has 1 saturated carbocycles. The molecule has 2 fully saturated rings. The van der Waals surface area contributed by atoms with Crippen molar-refractivity contribution in [1.29, 1.82) is 0 Å². The fourth-order valence-electron chi connectivity index (χ4n) is 2.44. The lowest BCUT2D eigenvalue weighted by atomic mass is 9.89. The van der Waals surface area contributed by atoms with Crippen molar-refractivity contribution in [2.24, 2.45) is 5.92 Å². The number of ether oxygens (including phenoxy) is 3. The van der Waals surface area contributed by atoms with Crippen LogP contribution in [-0.2, 0) is 14.2 Å². The lowest BCUT2D eigenvalue weighted by Crippen LogP contribution is -2.30. The molecule has 0 N–H and O–H groups in total. The first kappa shape index (κ1) is 8.89. The second-order valence-corrected chi connectivity index (χ2v) is 4.29. The molecule has 3 rings (SSSR count). The van der Waals surface area contributed by atoms with E-state index in [1.54, 1.807) is 0 Å². The summed E-state index contributed by atoms with van der Waals surface area (Å²) in [4.78, 5) is 0. The van der Waals surface area contributed by atoms with Crippen LogP contribution in [0, 0.1) is 5.92 Å². The summed E-state index contributed by atoms with van der Waals surface area (Å²) in [6.45, 7) is 1.38. The summed E-state index contributed by atoms with van der Waals surface area (Å²) in [7, 11) is 0. The monoisotopic (exact) mass is 196 g/mol. The molecular weight excluding hydrogens is 180 g/mol. The van der Waals surface area contributed by atoms with Gasteiger partial charge in [-0.15, -0.1) is 0 Å². The number of hydrogen-bond donors (Lipinski definition) is 0. The van der Waals surface area contributed by atoms with E-state index in [2.05, 4.69) is 0 Å². The molecule has 3 heteroatoms. The Kier molecular flexibility index (Phi) is 2.32. The molecule has 0 aromatic heterocycles. The highest BCUT2D eigenvalue weighted by atomic mass is 16.7. The van der Waals surface area contributed by atoms with Gasteiger partial charge in [-0.2, -0.15) is 0 Å². The molecule has 3 atom stereocenters. The lowest BCUT2D eigenvalue weighted by molar-refractivity contribution is -0.159. The van der Waals surface area contributed by atoms with Gasteiger partial charge in [-0.3, -0.25) is 0 Å². The predicted octanol–water partition coefficient (Wildman–Crippen LogP) is 1.48. The molecule has 1 saturated heterocycles. The number of epoxide rings is 1. The first-order valence-electron chi connectivity index (χ1n) is 5.47. The van der Waals surface area contributed by atoms with Crippen molar-refractivity contribution in [1.82, 2.24) is 0 Å². The summed E-state index contributed by atoms with van der Waals surface area (Å²) in [6, 6.07) is 0. The Morgan fingerprint density at radius 1 is 0.929 bits per heavy atom. The van der Waals surface area contributed by atoms with E-state index in [9.17, 15) is 0 Å². The highest BCUT2D eigenvalue weighted by molar-refractivity contribution is 4.93. The minimum Gasteiger partial charge on any atom is -0.370 e. The first-order valence-corrected chi connectivity index (χ1v) is 5.47. The summed E-state index contributed by atoms with van der Waals surface area (Å²) in [5.74, 6) is 0.540. The van der Waals surface area contributed by atoms with Crippen LogP contribution in [0.1, 0.15) is 19.3 Å². The Labute approximate surface area is 84.0 Å². The molecule has 3 unspecified atom stereocenters. The first-order chi connectivity index (χ1) is 6.93. The van der Waals surface area contributed by atoms with Gasteiger partial charge in [0.2, 0.25) is 0 Å². The van der Waals surface area contributed by atoms with Gasteiger partial charge >= 0.3 is 0 Å². The van der Waals surface area contributed by atoms with Crippen LogP contribution in [0.5, 0.6) is 0 Å². The number of rotatable bonds is 1. The Hall–Kier alpha value is -0.380. The van der Waals surface area contributed by atoms with Gasteiger partial charge in [-0.1, -0.05) is 12.2 Å². The van der Waals surface area contributed by atoms with Crippen LogP contribution >= 0.6 is 0 Å². The SMILES string of the molecule is C1=CCOC(C2CCC3OC3C2)OC1. The van der Waals surface area contributed by atoms with E-state index in [1.165, 1.54) is 12.8 Å². The third-order valence-electron chi connectivity index (χ3n) is 3.31. The van der Waals surface area contributed by atoms with Crippen molar-refractivity contribution < 1.29 is 14.2 Å². The van der Waals surface area contributed by atoms with Crippen LogP contribution in [-0.4, -0.2) is 31.7 Å². The summed E-state index contributed by atoms with van der Waals surface area (Å²) in [5.41, 5.74) is 0. The topological polar surface area (TPSA) is 31.0 Å². The van der Waals surface area contributed by atoms with Gasteiger partial charge in [-0.05, 0) is 19.3 Å². The van der Waals surface area contributed by atoms with Gasteiger partial charge in [0.1, 0.15) is 0 Å². The number of fused-ring (bicyclic) bond motifs is 1. The van der Waals surface area contributed by atoms with Gasteiger partial charge < -0.3 is 14.2 Å². The molecule has 1 aliphatic carbocycles. The van der Waals surface area contributed by atoms with Crippen molar-refractivity contribution in [3.63, 3.8) is 0 Å². The minimum absolute atomic E-state index is 0.00449. The molecular formula is C11H16O3. The summed E-state index contributed by atoms with van der Waals surface area (Å²) < 4.78 is 16.8. The second-order valence-electron chi connectivity index (χ2n) is 4.29. The van der Waals surface area contributed by atoms with Gasteiger partial charge in [0.25, 0.3) is 0 Å². The van der Waals surface area contributed by atoms with Crippen LogP contribution in [0.25, 0.3) is 0 Å². The average molecular weight is 196 g/mol. The maximum absolute atomic E-state index is 5.64. The van der Waals surface area contributed by atoms with Crippen molar-refractivity contribution in [3.05, 3.63) is 12.2 Å². The quantitative estimate of drug-likeness (QED) is 0.470. The summed E-state index contributed by atoms with van der Waals surface area (Å²) in [5, 5.41) is 0. The maximum Gasteiger partial charge on any atom is 0.161 e. The minimum atomic E-state index is -0.00449. The predicted molar refractivity (Wildman–Crippen MR) is 50.8 cm³/mol. The van der Waals surface area contributed by atoms with Gasteiger partial charge in [0.15, 0.2) is 6.29 Å². The van der Waals surface area contributed by atoms with Crippen molar-refractivity contribution in [2.75, 3.05) is 13.2 Å². The van der Waals surface area contributed by atoms with Crippen molar-refractivity contribution in [3.8, 4) is 0 Å². The fraction of sp³-hybridized carbons (Fsp3) is 0.818. The zero-order chi connectivity index (χ0) is 9.38. The maximum atomic E-state index is 5.64. The Morgan fingerprint density at radius 2 is 1.71 bits per heavy atom. The molecule has 0 spiro atoms. The third kappa shape index (κ3) is 1.72. The van der Waals surface area contributed by atoms with Gasteiger partial charge in [-0.25, -0.2) is 0 Å². The Balaban J connectivity index is 1.58. The van der Waals surface area contributed by atoms with Crippen LogP contribution in [0.4, 0.5) is 0 Å². The Morgan fingerprint density at radius 3 is 2.43 bits per heavy atom. The molecule has 0 aromatic carbocycles. The molecule has 78 valence electrons. The highest BCUT2D eigenvalue weighted by Gasteiger charge is 2.46. The molecule has 0 aromatic rings. The Bertz CT molecular complexity index is 229. The summed E-state index contributed by atoms with van der Waals surface area (Å²) >= 11 is 0. The van der Waals surface area contributed by atoms with E-state index in [-0.39, 0.29) is 6.29 Å². The van der Waals surface area contributed by atoms with Crippen LogP contribution in [0.3, 0.4) is 0 Å². The lowest BCUT2D eigenvalue weighted by Gasteiger charge is -2.27. The zero-order valence-electron chi connectivity index (χ0n) is 8.22. The van der Waals surface area contributed by atoms with Gasteiger partial charge in [0, 0.05) is 5.92 Å². The van der Waals surface area contributed by atoms with Crippen molar-refractivity contribution >= 4 is 0 Å². The molecule has 0 amide bonds. The van der Waals surface area contributed by atoms with Crippen LogP contribution in [0.2, 0.25) is 0 Å². The smallest absolute Gasteiger partial charge is 0.161 e. The molecule has 3 aliphatic rings. The molecule has 14 heavy (non-hydrogen) atoms. The number of hydrogen-bond acceptors (Lipinski definition) is 3. The van der Waals surface area contributed by atoms with Crippen LogP contribution in [0.15, 0.2) is 12.2 Å². The van der Waals surface area contributed by atoms with E-state index in [0.29, 0.717) is 31.3 Å². The van der Waals surface area contributed by atoms with Crippen LogP contribution < -0.4 is 0 Å². The van der Waals surface area contributed by atoms with Crippen molar-refractivity contribution in [2.45, 2.75) is 37.8 Å². The summed E-state index contributed by atoms with van der Waals surface area (Å²) in [6.07, 6.45) is 8.62. The largest absolute Gasteiger partial charge is 0.370 e. The average Bonchev–Trinajstić information content (AvgIpc) is 3.01. The van der Waals surface area contributed by atoms with E-state index in [0.717, 1.165) is 6.42 Å². The van der Waals surface area contributed by atoms with E-state index in [4.69, 9.17) is 14.2 Å². The molecule has 3 nitrogen and oxygen atoms in total. The normalized spacial score (nSPS) is 43.0. The molecule has 0 radical (unpaired) electrons. The molecule has 0 bridgehead atoms. The molecule has 2 aliphatic heterocycles. The third-order valence-corrected chi connectivity index (χ3v) is 3.31. The van der Waals surface area contributed by atoms with Gasteiger partial charge in [0.05, 0.1) is 25.4 Å². The van der Waals surface area contributed by atoms with E-state index >= 15 is 0 Å². The fourth-order valence-corrected chi connectivity index (χ4v) is 2.44. The second kappa shape index (κ2) is 3.65. The van der Waals surface area contributed by atoms with E-state index in [1.807, 2.05) is 12.2 Å².